The molecule has 1 amide bonds. The molecule has 1 aromatic carbocycles. The van der Waals surface area contributed by atoms with Crippen LogP contribution in [-0.4, -0.2) is 55.2 Å². The second-order valence-electron chi connectivity index (χ2n) is 5.90. The van der Waals surface area contributed by atoms with Crippen molar-refractivity contribution >= 4 is 29.2 Å². The van der Waals surface area contributed by atoms with E-state index in [-0.39, 0.29) is 12.5 Å². The van der Waals surface area contributed by atoms with Crippen LogP contribution in [0.2, 0.25) is 5.02 Å². The molecule has 1 fully saturated rings. The SMILES string of the molecule is COc1cc(N)c(Cl)cc1C(=O)NCC1CCN(CC(=O)O)CC1. The van der Waals surface area contributed by atoms with Gasteiger partial charge in [-0.05, 0) is 37.9 Å². The van der Waals surface area contributed by atoms with Gasteiger partial charge in [0.1, 0.15) is 5.75 Å². The molecule has 1 aliphatic heterocycles. The summed E-state index contributed by atoms with van der Waals surface area (Å²) in [6.07, 6.45) is 1.71. The fourth-order valence-corrected chi connectivity index (χ4v) is 2.95. The van der Waals surface area contributed by atoms with Gasteiger partial charge in [0.2, 0.25) is 0 Å². The number of nitrogens with one attached hydrogen (secondary N) is 1. The largest absolute Gasteiger partial charge is 0.496 e. The van der Waals surface area contributed by atoms with Crippen LogP contribution in [0.5, 0.6) is 5.75 Å². The fourth-order valence-electron chi connectivity index (χ4n) is 2.79. The number of piperidine rings is 1. The lowest BCUT2D eigenvalue weighted by atomic mass is 9.96. The topological polar surface area (TPSA) is 105 Å². The number of carboxylic acids is 1. The Morgan fingerprint density at radius 3 is 2.67 bits per heavy atom. The van der Waals surface area contributed by atoms with Crippen LogP contribution in [0.3, 0.4) is 0 Å². The Kier molecular flexibility index (Phi) is 6.28. The van der Waals surface area contributed by atoms with Gasteiger partial charge in [-0.1, -0.05) is 11.6 Å². The highest BCUT2D eigenvalue weighted by atomic mass is 35.5. The summed E-state index contributed by atoms with van der Waals surface area (Å²) in [5.41, 5.74) is 6.42. The van der Waals surface area contributed by atoms with Crippen molar-refractivity contribution in [3.05, 3.63) is 22.7 Å². The number of ether oxygens (including phenoxy) is 1. The molecule has 0 bridgehead atoms. The average molecular weight is 356 g/mol. The Labute approximate surface area is 145 Å². The number of amides is 1. The van der Waals surface area contributed by atoms with Crippen LogP contribution in [0.15, 0.2) is 12.1 Å². The number of carbonyl (C=O) groups excluding carboxylic acids is 1. The van der Waals surface area contributed by atoms with Gasteiger partial charge in [-0.25, -0.2) is 0 Å². The van der Waals surface area contributed by atoms with Gasteiger partial charge in [-0.3, -0.25) is 14.5 Å². The summed E-state index contributed by atoms with van der Waals surface area (Å²) in [5.74, 6) is -0.365. The number of likely N-dealkylation sites (tertiary alicyclic amines) is 1. The zero-order chi connectivity index (χ0) is 17.7. The van der Waals surface area contributed by atoms with Gasteiger partial charge in [0.05, 0.1) is 29.9 Å². The van der Waals surface area contributed by atoms with Gasteiger partial charge in [-0.2, -0.15) is 0 Å². The molecular formula is C16H22ClN3O4. The van der Waals surface area contributed by atoms with Crippen LogP contribution >= 0.6 is 11.6 Å². The monoisotopic (exact) mass is 355 g/mol. The Bertz CT molecular complexity index is 616. The summed E-state index contributed by atoms with van der Waals surface area (Å²) in [7, 11) is 1.47. The molecule has 1 aromatic rings. The molecule has 1 saturated heterocycles. The minimum absolute atomic E-state index is 0.0697. The van der Waals surface area contributed by atoms with E-state index in [0.29, 0.717) is 34.5 Å². The van der Waals surface area contributed by atoms with E-state index in [4.69, 9.17) is 27.2 Å². The van der Waals surface area contributed by atoms with Gasteiger partial charge in [0.25, 0.3) is 5.91 Å². The first-order valence-electron chi connectivity index (χ1n) is 7.76. The number of halogens is 1. The molecule has 4 N–H and O–H groups in total. The van der Waals surface area contributed by atoms with E-state index < -0.39 is 5.97 Å². The number of rotatable bonds is 6. The van der Waals surface area contributed by atoms with E-state index in [0.717, 1.165) is 25.9 Å². The Balaban J connectivity index is 1.88. The van der Waals surface area contributed by atoms with Crippen LogP contribution in [0.4, 0.5) is 5.69 Å². The molecule has 24 heavy (non-hydrogen) atoms. The third-order valence-electron chi connectivity index (χ3n) is 4.18. The summed E-state index contributed by atoms with van der Waals surface area (Å²) >= 11 is 5.98. The molecule has 0 aromatic heterocycles. The van der Waals surface area contributed by atoms with Crippen molar-refractivity contribution in [3.8, 4) is 5.75 Å². The summed E-state index contributed by atoms with van der Waals surface area (Å²) in [5, 5.41) is 12.0. The predicted octanol–water partition coefficient (Wildman–Crippen LogP) is 1.46. The van der Waals surface area contributed by atoms with Crippen LogP contribution in [0.1, 0.15) is 23.2 Å². The highest BCUT2D eigenvalue weighted by Gasteiger charge is 2.22. The quantitative estimate of drug-likeness (QED) is 0.667. The molecule has 0 aliphatic carbocycles. The Hall–Kier alpha value is -1.99. The molecule has 0 unspecified atom stereocenters. The minimum atomic E-state index is -0.811. The lowest BCUT2D eigenvalue weighted by Crippen LogP contribution is -2.40. The molecule has 8 heteroatoms. The maximum absolute atomic E-state index is 12.4. The third-order valence-corrected chi connectivity index (χ3v) is 4.51. The van der Waals surface area contributed by atoms with Gasteiger partial charge in [0.15, 0.2) is 0 Å². The van der Waals surface area contributed by atoms with E-state index in [2.05, 4.69) is 5.32 Å². The number of methoxy groups -OCH3 is 1. The van der Waals surface area contributed by atoms with Crippen molar-refractivity contribution in [2.75, 3.05) is 39.0 Å². The standard InChI is InChI=1S/C16H22ClN3O4/c1-24-14-7-13(18)12(17)6-11(14)16(23)19-8-10-2-4-20(5-3-10)9-15(21)22/h6-7,10H,2-5,8-9,18H2,1H3,(H,19,23)(H,21,22). The minimum Gasteiger partial charge on any atom is -0.496 e. The second-order valence-corrected chi connectivity index (χ2v) is 6.30. The molecule has 2 rings (SSSR count). The first-order chi connectivity index (χ1) is 11.4. The normalized spacial score (nSPS) is 15.9. The van der Waals surface area contributed by atoms with Crippen LogP contribution in [-0.2, 0) is 4.79 Å². The maximum atomic E-state index is 12.4. The van der Waals surface area contributed by atoms with Crippen molar-refractivity contribution < 1.29 is 19.4 Å². The summed E-state index contributed by atoms with van der Waals surface area (Å²) in [6.45, 7) is 2.05. The van der Waals surface area contributed by atoms with Gasteiger partial charge in [-0.15, -0.1) is 0 Å². The number of nitrogen functional groups attached to an aromatic ring is 1. The third kappa shape index (κ3) is 4.75. The van der Waals surface area contributed by atoms with Crippen molar-refractivity contribution in [2.24, 2.45) is 5.92 Å². The van der Waals surface area contributed by atoms with Gasteiger partial charge < -0.3 is 20.9 Å². The predicted molar refractivity (Wildman–Crippen MR) is 91.5 cm³/mol. The zero-order valence-corrected chi connectivity index (χ0v) is 14.3. The smallest absolute Gasteiger partial charge is 0.317 e. The van der Waals surface area contributed by atoms with Crippen molar-refractivity contribution in [1.82, 2.24) is 10.2 Å². The molecule has 7 nitrogen and oxygen atoms in total. The number of nitrogens with two attached hydrogens (primary N) is 1. The van der Waals surface area contributed by atoms with Crippen LogP contribution in [0.25, 0.3) is 0 Å². The molecule has 1 heterocycles. The fraction of sp³-hybridized carbons (Fsp3) is 0.500. The first kappa shape index (κ1) is 18.4. The van der Waals surface area contributed by atoms with E-state index in [1.54, 1.807) is 0 Å². The van der Waals surface area contributed by atoms with E-state index in [9.17, 15) is 9.59 Å². The van der Waals surface area contributed by atoms with E-state index in [1.807, 2.05) is 4.90 Å². The number of benzene rings is 1. The lowest BCUT2D eigenvalue weighted by Gasteiger charge is -2.30. The van der Waals surface area contributed by atoms with Gasteiger partial charge in [0, 0.05) is 12.6 Å². The number of carboxylic acid groups (broad SMARTS) is 1. The van der Waals surface area contributed by atoms with Crippen molar-refractivity contribution in [1.29, 1.82) is 0 Å². The van der Waals surface area contributed by atoms with E-state index in [1.165, 1.54) is 19.2 Å². The molecular weight excluding hydrogens is 334 g/mol. The lowest BCUT2D eigenvalue weighted by molar-refractivity contribution is -0.138. The number of anilines is 1. The Morgan fingerprint density at radius 2 is 2.08 bits per heavy atom. The molecule has 0 atom stereocenters. The molecule has 0 saturated carbocycles. The average Bonchev–Trinajstić information content (AvgIpc) is 2.55. The number of aliphatic carboxylic acids is 1. The van der Waals surface area contributed by atoms with Crippen molar-refractivity contribution in [2.45, 2.75) is 12.8 Å². The molecule has 0 radical (unpaired) electrons. The number of nitrogens with zero attached hydrogens (tertiary/aromatic N) is 1. The van der Waals surface area contributed by atoms with E-state index >= 15 is 0 Å². The molecule has 1 aliphatic rings. The Morgan fingerprint density at radius 1 is 1.42 bits per heavy atom. The first-order valence-corrected chi connectivity index (χ1v) is 8.14. The highest BCUT2D eigenvalue weighted by Crippen LogP contribution is 2.28. The summed E-state index contributed by atoms with van der Waals surface area (Å²) < 4.78 is 5.18. The van der Waals surface area contributed by atoms with Crippen molar-refractivity contribution in [3.63, 3.8) is 0 Å². The zero-order valence-electron chi connectivity index (χ0n) is 13.5. The maximum Gasteiger partial charge on any atom is 0.317 e. The summed E-state index contributed by atoms with van der Waals surface area (Å²) in [4.78, 5) is 25.0. The highest BCUT2D eigenvalue weighted by molar-refractivity contribution is 6.33. The van der Waals surface area contributed by atoms with Crippen LogP contribution in [0, 0.1) is 5.92 Å². The van der Waals surface area contributed by atoms with Crippen LogP contribution < -0.4 is 15.8 Å². The summed E-state index contributed by atoms with van der Waals surface area (Å²) in [6, 6.07) is 3.03. The molecule has 0 spiro atoms. The van der Waals surface area contributed by atoms with Gasteiger partial charge >= 0.3 is 5.97 Å². The number of carbonyl (C=O) groups is 2. The second kappa shape index (κ2) is 8.21. The molecule has 132 valence electrons. The number of hydrogen-bond acceptors (Lipinski definition) is 5. The number of hydrogen-bond donors (Lipinski definition) is 3.